The minimum absolute atomic E-state index is 0.105. The van der Waals surface area contributed by atoms with Gasteiger partial charge >= 0.3 is 0 Å². The van der Waals surface area contributed by atoms with Crippen LogP contribution in [-0.4, -0.2) is 42.1 Å². The molecule has 2 aromatic rings. The van der Waals surface area contributed by atoms with E-state index in [0.29, 0.717) is 11.7 Å². The van der Waals surface area contributed by atoms with Gasteiger partial charge in [0.2, 0.25) is 11.0 Å². The number of rotatable bonds is 7. The van der Waals surface area contributed by atoms with Gasteiger partial charge in [-0.25, -0.2) is 0 Å². The van der Waals surface area contributed by atoms with E-state index in [1.165, 1.54) is 28.7 Å². The number of carbonyl (C=O) groups excluding carboxylic acids is 1. The zero-order valence-corrected chi connectivity index (χ0v) is 17.0. The van der Waals surface area contributed by atoms with E-state index in [0.717, 1.165) is 46.8 Å². The molecule has 0 spiro atoms. The molecular weight excluding hydrogens is 368 g/mol. The zero-order chi connectivity index (χ0) is 18.5. The number of methoxy groups -OCH3 is 1. The molecule has 2 heterocycles. The van der Waals surface area contributed by atoms with Crippen LogP contribution in [0, 0.1) is 5.92 Å². The lowest BCUT2D eigenvalue weighted by molar-refractivity contribution is -0.116. The largest absolute Gasteiger partial charge is 0.497 e. The molecule has 0 atom stereocenters. The number of ether oxygens (including phenoxy) is 1. The molecule has 1 aliphatic rings. The Bertz CT molecular complexity index is 763. The first-order valence-electron chi connectivity index (χ1n) is 8.74. The molecule has 0 saturated heterocycles. The Balaban J connectivity index is 1.59. The van der Waals surface area contributed by atoms with Gasteiger partial charge in [0.15, 0.2) is 4.34 Å². The Morgan fingerprint density at radius 2 is 2.27 bits per heavy atom. The highest BCUT2D eigenvalue weighted by Gasteiger charge is 2.23. The summed E-state index contributed by atoms with van der Waals surface area (Å²) in [5.74, 6) is 1.86. The summed E-state index contributed by atoms with van der Waals surface area (Å²) in [7, 11) is 1.66. The van der Waals surface area contributed by atoms with Crippen molar-refractivity contribution in [2.45, 2.75) is 31.0 Å². The van der Waals surface area contributed by atoms with Crippen LogP contribution in [0.15, 0.2) is 22.5 Å². The molecule has 1 aliphatic heterocycles. The second-order valence-corrected chi connectivity index (χ2v) is 8.78. The molecule has 3 rings (SSSR count). The van der Waals surface area contributed by atoms with Gasteiger partial charge in [-0.2, -0.15) is 0 Å². The molecular formula is C18H24N4O2S2. The summed E-state index contributed by atoms with van der Waals surface area (Å²) in [6.45, 7) is 5.92. The number of aromatic nitrogens is 2. The fraction of sp³-hybridized carbons (Fsp3) is 0.500. The monoisotopic (exact) mass is 392 g/mol. The first kappa shape index (κ1) is 19.0. The van der Waals surface area contributed by atoms with Crippen LogP contribution < -0.4 is 15.0 Å². The van der Waals surface area contributed by atoms with Gasteiger partial charge in [0.25, 0.3) is 0 Å². The molecule has 0 aliphatic carbocycles. The minimum atomic E-state index is 0.105. The van der Waals surface area contributed by atoms with E-state index in [1.54, 1.807) is 7.11 Å². The van der Waals surface area contributed by atoms with Gasteiger partial charge in [-0.15, -0.1) is 10.2 Å². The Morgan fingerprint density at radius 1 is 1.42 bits per heavy atom. The quantitative estimate of drug-likeness (QED) is 0.725. The fourth-order valence-electron chi connectivity index (χ4n) is 2.79. The lowest BCUT2D eigenvalue weighted by Crippen LogP contribution is -2.36. The third kappa shape index (κ3) is 4.67. The van der Waals surface area contributed by atoms with E-state index in [2.05, 4.69) is 29.4 Å². The van der Waals surface area contributed by atoms with E-state index in [1.807, 2.05) is 23.1 Å². The van der Waals surface area contributed by atoms with Gasteiger partial charge in [0.1, 0.15) is 5.75 Å². The van der Waals surface area contributed by atoms with Gasteiger partial charge < -0.3 is 15.0 Å². The van der Waals surface area contributed by atoms with E-state index in [9.17, 15) is 4.79 Å². The second-order valence-electron chi connectivity index (χ2n) is 6.58. The molecule has 0 fully saturated rings. The molecule has 0 radical (unpaired) electrons. The maximum Gasteiger partial charge on any atom is 0.237 e. The number of hydrogen-bond acceptors (Lipinski definition) is 7. The molecule has 0 saturated carbocycles. The number of benzene rings is 1. The molecule has 140 valence electrons. The number of aryl methyl sites for hydroxylation is 1. The Morgan fingerprint density at radius 3 is 3.04 bits per heavy atom. The van der Waals surface area contributed by atoms with Crippen molar-refractivity contribution in [1.82, 2.24) is 10.2 Å². The van der Waals surface area contributed by atoms with Gasteiger partial charge in [-0.05, 0) is 42.5 Å². The van der Waals surface area contributed by atoms with E-state index < -0.39 is 0 Å². The summed E-state index contributed by atoms with van der Waals surface area (Å²) in [5, 5.41) is 12.4. The van der Waals surface area contributed by atoms with E-state index in [4.69, 9.17) is 4.74 Å². The summed E-state index contributed by atoms with van der Waals surface area (Å²) in [4.78, 5) is 14.6. The SMILES string of the molecule is COc1ccc2c(c1)CCCN2C(=O)CSc1nnc(NCC(C)C)s1. The molecule has 0 bridgehead atoms. The molecule has 26 heavy (non-hydrogen) atoms. The van der Waals surface area contributed by atoms with Crippen molar-refractivity contribution in [3.05, 3.63) is 23.8 Å². The van der Waals surface area contributed by atoms with Gasteiger partial charge in [0.05, 0.1) is 12.9 Å². The fourth-order valence-corrected chi connectivity index (χ4v) is 4.43. The highest BCUT2D eigenvalue weighted by molar-refractivity contribution is 8.01. The number of amides is 1. The lowest BCUT2D eigenvalue weighted by Gasteiger charge is -2.29. The maximum absolute atomic E-state index is 12.7. The summed E-state index contributed by atoms with van der Waals surface area (Å²) >= 11 is 2.95. The number of nitrogens with one attached hydrogen (secondary N) is 1. The minimum Gasteiger partial charge on any atom is -0.497 e. The highest BCUT2D eigenvalue weighted by atomic mass is 32.2. The van der Waals surface area contributed by atoms with Crippen molar-refractivity contribution < 1.29 is 9.53 Å². The average Bonchev–Trinajstić information content (AvgIpc) is 3.11. The number of thioether (sulfide) groups is 1. The zero-order valence-electron chi connectivity index (χ0n) is 15.3. The van der Waals surface area contributed by atoms with Crippen LogP contribution in [0.1, 0.15) is 25.8 Å². The van der Waals surface area contributed by atoms with Crippen LogP contribution in [0.3, 0.4) is 0 Å². The Labute approximate surface area is 162 Å². The number of hydrogen-bond donors (Lipinski definition) is 1. The van der Waals surface area contributed by atoms with Crippen LogP contribution in [0.4, 0.5) is 10.8 Å². The van der Waals surface area contributed by atoms with Crippen molar-refractivity contribution in [2.75, 3.05) is 36.2 Å². The smallest absolute Gasteiger partial charge is 0.237 e. The number of carbonyl (C=O) groups is 1. The van der Waals surface area contributed by atoms with Crippen LogP contribution in [0.2, 0.25) is 0 Å². The van der Waals surface area contributed by atoms with Crippen molar-refractivity contribution in [3.63, 3.8) is 0 Å². The summed E-state index contributed by atoms with van der Waals surface area (Å²) in [6.07, 6.45) is 1.95. The van der Waals surface area contributed by atoms with Gasteiger partial charge in [0, 0.05) is 18.8 Å². The normalized spacial score (nSPS) is 13.6. The number of fused-ring (bicyclic) bond motifs is 1. The molecule has 1 aromatic carbocycles. The highest BCUT2D eigenvalue weighted by Crippen LogP contribution is 2.32. The van der Waals surface area contributed by atoms with Crippen molar-refractivity contribution in [3.8, 4) is 5.75 Å². The summed E-state index contributed by atoms with van der Waals surface area (Å²) in [6, 6.07) is 5.92. The first-order chi connectivity index (χ1) is 12.6. The predicted octanol–water partition coefficient (Wildman–Crippen LogP) is 3.69. The van der Waals surface area contributed by atoms with Crippen LogP contribution in [0.25, 0.3) is 0 Å². The van der Waals surface area contributed by atoms with Gasteiger partial charge in [-0.1, -0.05) is 36.9 Å². The van der Waals surface area contributed by atoms with Crippen molar-refractivity contribution in [1.29, 1.82) is 0 Å². The van der Waals surface area contributed by atoms with E-state index >= 15 is 0 Å². The Hall–Kier alpha value is -1.80. The molecule has 0 unspecified atom stereocenters. The third-order valence-electron chi connectivity index (χ3n) is 4.09. The Kier molecular flexibility index (Phi) is 6.37. The van der Waals surface area contributed by atoms with Crippen molar-refractivity contribution >= 4 is 39.8 Å². The maximum atomic E-state index is 12.7. The lowest BCUT2D eigenvalue weighted by atomic mass is 10.0. The first-order valence-corrected chi connectivity index (χ1v) is 10.5. The average molecular weight is 393 g/mol. The molecule has 1 amide bonds. The van der Waals surface area contributed by atoms with Crippen LogP contribution in [0.5, 0.6) is 5.75 Å². The van der Waals surface area contributed by atoms with Crippen molar-refractivity contribution in [2.24, 2.45) is 5.92 Å². The van der Waals surface area contributed by atoms with Gasteiger partial charge in [-0.3, -0.25) is 4.79 Å². The molecule has 6 nitrogen and oxygen atoms in total. The predicted molar refractivity (Wildman–Crippen MR) is 108 cm³/mol. The topological polar surface area (TPSA) is 67.3 Å². The van der Waals surface area contributed by atoms with Crippen LogP contribution >= 0.6 is 23.1 Å². The number of nitrogens with zero attached hydrogens (tertiary/aromatic N) is 3. The molecule has 8 heteroatoms. The number of anilines is 2. The van der Waals surface area contributed by atoms with E-state index in [-0.39, 0.29) is 5.91 Å². The molecule has 1 N–H and O–H groups in total. The summed E-state index contributed by atoms with van der Waals surface area (Å²) < 4.78 is 6.11. The van der Waals surface area contributed by atoms with Crippen LogP contribution in [-0.2, 0) is 11.2 Å². The second kappa shape index (κ2) is 8.73. The standard InChI is InChI=1S/C18H24N4O2S2/c1-12(2)10-19-17-20-21-18(26-17)25-11-16(23)22-8-4-5-13-9-14(24-3)6-7-15(13)22/h6-7,9,12H,4-5,8,10-11H2,1-3H3,(H,19,20). The summed E-state index contributed by atoms with van der Waals surface area (Å²) in [5.41, 5.74) is 2.17. The molecule has 1 aromatic heterocycles. The third-order valence-corrected chi connectivity index (χ3v) is 6.09.